The Bertz CT molecular complexity index is 1660. The zero-order valence-corrected chi connectivity index (χ0v) is 48.4. The molecule has 6 atom stereocenters. The van der Waals surface area contributed by atoms with Gasteiger partial charge in [-0.15, -0.1) is 0 Å². The van der Waals surface area contributed by atoms with Crippen LogP contribution in [0, 0.1) is 0 Å². The molecular formula is C65H108O12. The Hall–Kier alpha value is -4.10. The summed E-state index contributed by atoms with van der Waals surface area (Å²) in [6, 6.07) is 0. The summed E-state index contributed by atoms with van der Waals surface area (Å²) in [5.41, 5.74) is 0. The fourth-order valence-electron chi connectivity index (χ4n) is 8.87. The third-order valence-corrected chi connectivity index (χ3v) is 13.5. The van der Waals surface area contributed by atoms with Crippen molar-refractivity contribution < 1.29 is 58.2 Å². The van der Waals surface area contributed by atoms with Crippen LogP contribution in [0.3, 0.4) is 0 Å². The molecule has 3 N–H and O–H groups in total. The van der Waals surface area contributed by atoms with Crippen LogP contribution in [0.1, 0.15) is 252 Å². The highest BCUT2D eigenvalue weighted by Gasteiger charge is 2.50. The van der Waals surface area contributed by atoms with E-state index in [0.717, 1.165) is 96.3 Å². The molecule has 0 radical (unpaired) electrons. The topological polar surface area (TPSA) is 175 Å². The van der Waals surface area contributed by atoms with E-state index in [1.807, 2.05) is 18.2 Å². The minimum absolute atomic E-state index is 0.0630. The van der Waals surface area contributed by atoms with Crippen LogP contribution in [0.5, 0.6) is 0 Å². The third-order valence-electron chi connectivity index (χ3n) is 13.5. The van der Waals surface area contributed by atoms with E-state index in [4.69, 9.17) is 23.7 Å². The van der Waals surface area contributed by atoms with Crippen molar-refractivity contribution in [3.05, 3.63) is 85.1 Å². The molecule has 0 aromatic carbocycles. The number of hydrogen-bond acceptors (Lipinski definition) is 11. The molecule has 6 unspecified atom stereocenters. The predicted molar refractivity (Wildman–Crippen MR) is 312 cm³/mol. The maximum atomic E-state index is 13.2. The Morgan fingerprint density at radius 2 is 0.844 bits per heavy atom. The highest BCUT2D eigenvalue weighted by molar-refractivity contribution is 5.74. The molecule has 1 rings (SSSR count). The normalized spacial score (nSPS) is 18.6. The Balaban J connectivity index is 2.71. The number of carbonyl (C=O) groups excluding carboxylic acids is 3. The second-order valence-corrected chi connectivity index (χ2v) is 20.6. The number of esters is 3. The number of aliphatic hydroxyl groups is 2. The van der Waals surface area contributed by atoms with Crippen LogP contribution < -0.4 is 0 Å². The lowest BCUT2D eigenvalue weighted by Crippen LogP contribution is -2.61. The Labute approximate surface area is 467 Å². The van der Waals surface area contributed by atoms with Crippen molar-refractivity contribution in [3.8, 4) is 0 Å². The average molecular weight is 1080 g/mol. The fraction of sp³-hybridized carbons (Fsp3) is 0.723. The molecule has 1 aliphatic heterocycles. The van der Waals surface area contributed by atoms with Gasteiger partial charge >= 0.3 is 23.9 Å². The molecule has 77 heavy (non-hydrogen) atoms. The highest BCUT2D eigenvalue weighted by atomic mass is 16.7. The van der Waals surface area contributed by atoms with E-state index < -0.39 is 67.3 Å². The molecule has 12 heteroatoms. The van der Waals surface area contributed by atoms with Crippen molar-refractivity contribution in [3.63, 3.8) is 0 Å². The maximum Gasteiger partial charge on any atom is 0.335 e. The van der Waals surface area contributed by atoms with Gasteiger partial charge < -0.3 is 39.0 Å². The summed E-state index contributed by atoms with van der Waals surface area (Å²) in [4.78, 5) is 51.1. The van der Waals surface area contributed by atoms with Crippen LogP contribution >= 0.6 is 0 Å². The number of aliphatic carboxylic acids is 1. The van der Waals surface area contributed by atoms with Gasteiger partial charge in [0, 0.05) is 19.3 Å². The van der Waals surface area contributed by atoms with Gasteiger partial charge in [0.25, 0.3) is 0 Å². The van der Waals surface area contributed by atoms with Crippen molar-refractivity contribution in [2.75, 3.05) is 13.2 Å². The Kier molecular flexibility index (Phi) is 48.4. The van der Waals surface area contributed by atoms with Crippen LogP contribution in [0.2, 0.25) is 0 Å². The number of aliphatic hydroxyl groups excluding tert-OH is 2. The van der Waals surface area contributed by atoms with Crippen LogP contribution in [0.25, 0.3) is 0 Å². The summed E-state index contributed by atoms with van der Waals surface area (Å²) in [6.07, 6.45) is 55.7. The van der Waals surface area contributed by atoms with Crippen molar-refractivity contribution in [2.24, 2.45) is 0 Å². The third kappa shape index (κ3) is 42.5. The first-order chi connectivity index (χ1) is 37.6. The summed E-state index contributed by atoms with van der Waals surface area (Å²) >= 11 is 0. The number of carboxylic acid groups (broad SMARTS) is 1. The summed E-state index contributed by atoms with van der Waals surface area (Å²) in [5, 5.41) is 31.5. The summed E-state index contributed by atoms with van der Waals surface area (Å²) < 4.78 is 28.4. The summed E-state index contributed by atoms with van der Waals surface area (Å²) in [5.74, 6) is -3.23. The first-order valence-electron chi connectivity index (χ1n) is 30.6. The maximum absolute atomic E-state index is 13.2. The van der Waals surface area contributed by atoms with E-state index in [0.29, 0.717) is 25.7 Å². The van der Waals surface area contributed by atoms with Gasteiger partial charge in [-0.25, -0.2) is 4.79 Å². The molecule has 1 fully saturated rings. The highest BCUT2D eigenvalue weighted by Crippen LogP contribution is 2.26. The number of allylic oxidation sites excluding steroid dienone is 14. The van der Waals surface area contributed by atoms with Gasteiger partial charge in [0.15, 0.2) is 24.6 Å². The molecule has 1 heterocycles. The number of hydrogen-bond donors (Lipinski definition) is 3. The largest absolute Gasteiger partial charge is 0.479 e. The van der Waals surface area contributed by atoms with Crippen molar-refractivity contribution in [1.29, 1.82) is 0 Å². The number of unbranched alkanes of at least 4 members (excludes halogenated alkanes) is 23. The number of rotatable bonds is 51. The monoisotopic (exact) mass is 1080 g/mol. The summed E-state index contributed by atoms with van der Waals surface area (Å²) in [7, 11) is 0. The minimum Gasteiger partial charge on any atom is -0.479 e. The molecule has 1 saturated heterocycles. The predicted octanol–water partition coefficient (Wildman–Crippen LogP) is 15.9. The van der Waals surface area contributed by atoms with E-state index in [9.17, 15) is 34.5 Å². The molecule has 0 amide bonds. The molecule has 1 aliphatic rings. The minimum atomic E-state index is -1.93. The van der Waals surface area contributed by atoms with E-state index >= 15 is 0 Å². The molecule has 0 aromatic rings. The lowest BCUT2D eigenvalue weighted by atomic mass is 9.98. The average Bonchev–Trinajstić information content (AvgIpc) is 3.42. The van der Waals surface area contributed by atoms with Gasteiger partial charge in [-0.2, -0.15) is 0 Å². The van der Waals surface area contributed by atoms with Crippen LogP contribution in [-0.4, -0.2) is 89.2 Å². The molecule has 0 saturated carbocycles. The van der Waals surface area contributed by atoms with E-state index in [2.05, 4.69) is 87.6 Å². The van der Waals surface area contributed by atoms with Gasteiger partial charge in [0.1, 0.15) is 18.8 Å². The number of ether oxygens (including phenoxy) is 5. The van der Waals surface area contributed by atoms with Crippen molar-refractivity contribution >= 4 is 23.9 Å². The second-order valence-electron chi connectivity index (χ2n) is 20.6. The van der Waals surface area contributed by atoms with Gasteiger partial charge in [0.2, 0.25) is 0 Å². The Morgan fingerprint density at radius 1 is 0.442 bits per heavy atom. The SMILES string of the molecule is CC/C=C\C/C=C\C/C=C\C/C=C\CCC(=O)OC1C(OCC(COC(=O)CCCCCCCCC/C=C\C/C=C\C/C=C\CC)OC(=O)CCCCCCCCCCCCCCCCCCC)OC(C(=O)O)C(O)C1O. The number of carboxylic acids is 1. The first-order valence-corrected chi connectivity index (χ1v) is 30.6. The van der Waals surface area contributed by atoms with Crippen LogP contribution in [0.15, 0.2) is 85.1 Å². The molecule has 0 spiro atoms. The molecule has 0 aromatic heterocycles. The van der Waals surface area contributed by atoms with Gasteiger partial charge in [0.05, 0.1) is 6.61 Å². The van der Waals surface area contributed by atoms with E-state index in [1.54, 1.807) is 0 Å². The van der Waals surface area contributed by atoms with E-state index in [-0.39, 0.29) is 25.9 Å². The molecular weight excluding hydrogens is 973 g/mol. The second kappa shape index (κ2) is 52.6. The van der Waals surface area contributed by atoms with Gasteiger partial charge in [-0.1, -0.05) is 241 Å². The lowest BCUT2D eigenvalue weighted by Gasteiger charge is -2.40. The molecule has 0 bridgehead atoms. The summed E-state index contributed by atoms with van der Waals surface area (Å²) in [6.45, 7) is 5.74. The molecule has 440 valence electrons. The number of carbonyl (C=O) groups is 4. The fourth-order valence-corrected chi connectivity index (χ4v) is 8.87. The zero-order chi connectivity index (χ0) is 56.1. The van der Waals surface area contributed by atoms with Gasteiger partial charge in [-0.05, 0) is 77.0 Å². The molecule has 12 nitrogen and oxygen atoms in total. The van der Waals surface area contributed by atoms with Crippen LogP contribution in [-0.2, 0) is 42.9 Å². The van der Waals surface area contributed by atoms with Gasteiger partial charge in [-0.3, -0.25) is 14.4 Å². The quantitative estimate of drug-likeness (QED) is 0.0228. The molecule has 0 aliphatic carbocycles. The first kappa shape index (κ1) is 70.9. The standard InChI is InChI=1S/C65H108O12/c1-4-7-10-13-16-19-22-25-27-29-31-34-36-39-42-45-48-51-57(66)73-54-56(75-58(67)52-49-46-43-40-38-35-32-30-28-26-23-20-17-14-11-8-5-2)55-74-65-63(61(70)60(69)62(77-65)64(71)72)76-59(68)53-50-47-44-41-37-33-24-21-18-15-12-9-6-3/h7,9-10,12,16,18-19,21,25,27,33,37,44,47,56,60-63,65,69-70H,4-6,8,11,13-15,17,20,22-24,26,28-32,34-36,38-43,45-46,48-55H2,1-3H3,(H,71,72)/b10-7-,12-9-,19-16-,21-18-,27-25-,37-33-,47-44-. The van der Waals surface area contributed by atoms with E-state index in [1.165, 1.54) is 89.9 Å². The smallest absolute Gasteiger partial charge is 0.335 e. The van der Waals surface area contributed by atoms with Crippen molar-refractivity contribution in [1.82, 2.24) is 0 Å². The zero-order valence-electron chi connectivity index (χ0n) is 48.4. The Morgan fingerprint density at radius 3 is 1.30 bits per heavy atom. The van der Waals surface area contributed by atoms with Crippen LogP contribution in [0.4, 0.5) is 0 Å². The van der Waals surface area contributed by atoms with Crippen molar-refractivity contribution in [2.45, 2.75) is 289 Å². The lowest BCUT2D eigenvalue weighted by molar-refractivity contribution is -0.301.